The van der Waals surface area contributed by atoms with Gasteiger partial charge in [0, 0.05) is 12.7 Å². The molecule has 0 aliphatic heterocycles. The third kappa shape index (κ3) is 7.25. The molecule has 0 aromatic heterocycles. The average Bonchev–Trinajstić information content (AvgIpc) is 2.70. The van der Waals surface area contributed by atoms with Crippen LogP contribution >= 0.6 is 0 Å². The molecule has 2 aromatic rings. The largest absolute Gasteiger partial charge is 0.486 e. The molecule has 2 N–H and O–H groups in total. The van der Waals surface area contributed by atoms with E-state index in [1.54, 1.807) is 19.2 Å². The van der Waals surface area contributed by atoms with Gasteiger partial charge >= 0.3 is 6.09 Å². The van der Waals surface area contributed by atoms with Crippen LogP contribution in [0.3, 0.4) is 0 Å². The first kappa shape index (κ1) is 22.5. The second-order valence-electron chi connectivity index (χ2n) is 7.64. The molecule has 0 atom stereocenters. The van der Waals surface area contributed by atoms with Gasteiger partial charge in [0.15, 0.2) is 0 Å². The van der Waals surface area contributed by atoms with Crippen molar-refractivity contribution in [1.82, 2.24) is 0 Å². The number of anilines is 1. The molecule has 156 valence electrons. The Kier molecular flexibility index (Phi) is 7.82. The average molecular weight is 399 g/mol. The van der Waals surface area contributed by atoms with Crippen LogP contribution in [0.15, 0.2) is 48.5 Å². The summed E-state index contributed by atoms with van der Waals surface area (Å²) in [6.07, 6.45) is 2.92. The van der Waals surface area contributed by atoms with E-state index in [0.29, 0.717) is 5.75 Å². The Balaban J connectivity index is 1.98. The molecule has 0 aliphatic carbocycles. The van der Waals surface area contributed by atoms with Crippen molar-refractivity contribution < 1.29 is 24.5 Å². The highest BCUT2D eigenvalue weighted by Crippen LogP contribution is 2.19. The minimum absolute atomic E-state index is 0.239. The van der Waals surface area contributed by atoms with Gasteiger partial charge in [-0.2, -0.15) is 0 Å². The Labute approximate surface area is 172 Å². The zero-order valence-electron chi connectivity index (χ0n) is 17.3. The molecule has 0 bridgehead atoms. The topological polar surface area (TPSA) is 79.2 Å². The first-order valence-corrected chi connectivity index (χ1v) is 9.45. The van der Waals surface area contributed by atoms with E-state index in [4.69, 9.17) is 19.7 Å². The fourth-order valence-electron chi connectivity index (χ4n) is 2.42. The van der Waals surface area contributed by atoms with Gasteiger partial charge in [0.25, 0.3) is 0 Å². The molecular weight excluding hydrogens is 370 g/mol. The van der Waals surface area contributed by atoms with E-state index in [1.165, 1.54) is 4.90 Å². The minimum Gasteiger partial charge on any atom is -0.486 e. The van der Waals surface area contributed by atoms with E-state index in [9.17, 15) is 4.79 Å². The number of hydrogen-bond acceptors (Lipinski definition) is 5. The van der Waals surface area contributed by atoms with Gasteiger partial charge < -0.3 is 19.7 Å². The quantitative estimate of drug-likeness (QED) is 0.689. The summed E-state index contributed by atoms with van der Waals surface area (Å²) in [5, 5.41) is 18.1. The number of aliphatic hydroxyl groups is 2. The number of carbonyl (C=O) groups excluding carboxylic acids is 1. The van der Waals surface area contributed by atoms with Crippen molar-refractivity contribution in [2.75, 3.05) is 25.2 Å². The SMILES string of the molecule is CN(C(=O)OC(C)(C)C)c1ccc(C=Cc2ccc(OC(CO)CO)cc2)cc1. The zero-order valence-corrected chi connectivity index (χ0v) is 17.3. The number of benzene rings is 2. The van der Waals surface area contributed by atoms with Crippen LogP contribution in [0.4, 0.5) is 10.5 Å². The van der Waals surface area contributed by atoms with Crippen LogP contribution in [-0.2, 0) is 4.74 Å². The number of hydrogen-bond donors (Lipinski definition) is 2. The van der Waals surface area contributed by atoms with Gasteiger partial charge in [-0.1, -0.05) is 36.4 Å². The molecule has 0 spiro atoms. The molecule has 2 aromatic carbocycles. The van der Waals surface area contributed by atoms with E-state index in [2.05, 4.69) is 0 Å². The third-order valence-corrected chi connectivity index (χ3v) is 4.01. The highest BCUT2D eigenvalue weighted by Gasteiger charge is 2.20. The van der Waals surface area contributed by atoms with Crippen molar-refractivity contribution >= 4 is 23.9 Å². The molecule has 6 nitrogen and oxygen atoms in total. The Morgan fingerprint density at radius 2 is 1.45 bits per heavy atom. The number of aliphatic hydroxyl groups excluding tert-OH is 2. The molecule has 0 radical (unpaired) electrons. The Hall–Kier alpha value is -2.83. The molecule has 1 amide bonds. The maximum Gasteiger partial charge on any atom is 0.414 e. The summed E-state index contributed by atoms with van der Waals surface area (Å²) in [6.45, 7) is 5.03. The number of ether oxygens (including phenoxy) is 2. The van der Waals surface area contributed by atoms with E-state index < -0.39 is 17.8 Å². The van der Waals surface area contributed by atoms with Crippen LogP contribution in [0, 0.1) is 0 Å². The summed E-state index contributed by atoms with van der Waals surface area (Å²) >= 11 is 0. The predicted octanol–water partition coefficient (Wildman–Crippen LogP) is 3.96. The fourth-order valence-corrected chi connectivity index (χ4v) is 2.42. The van der Waals surface area contributed by atoms with Gasteiger partial charge in [-0.3, -0.25) is 4.90 Å². The van der Waals surface area contributed by atoms with Crippen molar-refractivity contribution in [3.05, 3.63) is 59.7 Å². The summed E-state index contributed by atoms with van der Waals surface area (Å²) in [4.78, 5) is 13.6. The third-order valence-electron chi connectivity index (χ3n) is 4.01. The molecule has 0 saturated carbocycles. The van der Waals surface area contributed by atoms with Crippen LogP contribution in [0.1, 0.15) is 31.9 Å². The van der Waals surface area contributed by atoms with Crippen LogP contribution in [0.2, 0.25) is 0 Å². The Morgan fingerprint density at radius 1 is 0.966 bits per heavy atom. The van der Waals surface area contributed by atoms with Gasteiger partial charge in [0.2, 0.25) is 0 Å². The summed E-state index contributed by atoms with van der Waals surface area (Å²) in [5.41, 5.74) is 2.19. The van der Waals surface area contributed by atoms with Crippen molar-refractivity contribution in [2.45, 2.75) is 32.5 Å². The molecule has 6 heteroatoms. The van der Waals surface area contributed by atoms with Gasteiger partial charge in [0.05, 0.1) is 13.2 Å². The molecule has 2 rings (SSSR count). The van der Waals surface area contributed by atoms with Gasteiger partial charge in [-0.25, -0.2) is 4.79 Å². The van der Waals surface area contributed by atoms with E-state index >= 15 is 0 Å². The smallest absolute Gasteiger partial charge is 0.414 e. The van der Waals surface area contributed by atoms with Crippen LogP contribution in [-0.4, -0.2) is 48.3 Å². The van der Waals surface area contributed by atoms with Crippen LogP contribution in [0.25, 0.3) is 12.2 Å². The van der Waals surface area contributed by atoms with E-state index in [0.717, 1.165) is 16.8 Å². The second-order valence-corrected chi connectivity index (χ2v) is 7.64. The second kappa shape index (κ2) is 10.1. The first-order valence-electron chi connectivity index (χ1n) is 9.45. The van der Waals surface area contributed by atoms with Crippen LogP contribution < -0.4 is 9.64 Å². The lowest BCUT2D eigenvalue weighted by atomic mass is 10.1. The van der Waals surface area contributed by atoms with Gasteiger partial charge in [-0.05, 0) is 56.2 Å². The summed E-state index contributed by atoms with van der Waals surface area (Å²) in [7, 11) is 1.68. The maximum absolute atomic E-state index is 12.1. The lowest BCUT2D eigenvalue weighted by Gasteiger charge is -2.24. The molecule has 0 unspecified atom stereocenters. The molecular formula is C23H29NO5. The molecule has 0 saturated heterocycles. The maximum atomic E-state index is 12.1. The minimum atomic E-state index is -0.617. The molecule has 0 fully saturated rings. The van der Waals surface area contributed by atoms with E-state index in [-0.39, 0.29) is 13.2 Å². The standard InChI is InChI=1S/C23H29NO5/c1-23(2,3)29-22(27)24(4)19-11-7-17(8-12-19)5-6-18-9-13-20(14-10-18)28-21(15-25)16-26/h5-14,21,25-26H,15-16H2,1-4H3. The summed E-state index contributed by atoms with van der Waals surface area (Å²) in [6, 6.07) is 14.9. The summed E-state index contributed by atoms with van der Waals surface area (Å²) < 4.78 is 10.8. The number of amides is 1. The lowest BCUT2D eigenvalue weighted by molar-refractivity contribution is 0.0589. The molecule has 0 heterocycles. The monoisotopic (exact) mass is 399 g/mol. The highest BCUT2D eigenvalue weighted by molar-refractivity contribution is 5.87. The van der Waals surface area contributed by atoms with Gasteiger partial charge in [0.1, 0.15) is 17.5 Å². The van der Waals surface area contributed by atoms with Crippen molar-refractivity contribution in [3.8, 4) is 5.75 Å². The van der Waals surface area contributed by atoms with Crippen molar-refractivity contribution in [2.24, 2.45) is 0 Å². The fraction of sp³-hybridized carbons (Fsp3) is 0.348. The Morgan fingerprint density at radius 3 is 1.90 bits per heavy atom. The lowest BCUT2D eigenvalue weighted by Crippen LogP contribution is -2.34. The highest BCUT2D eigenvalue weighted by atomic mass is 16.6. The number of carbonyl (C=O) groups is 1. The Bertz CT molecular complexity index is 803. The van der Waals surface area contributed by atoms with Crippen molar-refractivity contribution in [1.29, 1.82) is 0 Å². The first-order chi connectivity index (χ1) is 13.7. The normalized spacial score (nSPS) is 11.7. The van der Waals surface area contributed by atoms with Gasteiger partial charge in [-0.15, -0.1) is 0 Å². The molecule has 29 heavy (non-hydrogen) atoms. The number of nitrogens with zero attached hydrogens (tertiary/aromatic N) is 1. The molecule has 0 aliphatic rings. The number of rotatable bonds is 7. The summed E-state index contributed by atoms with van der Waals surface area (Å²) in [5.74, 6) is 0.588. The van der Waals surface area contributed by atoms with E-state index in [1.807, 2.05) is 69.3 Å². The van der Waals surface area contributed by atoms with Crippen LogP contribution in [0.5, 0.6) is 5.75 Å². The zero-order chi connectivity index (χ0) is 21.4. The van der Waals surface area contributed by atoms with Crippen molar-refractivity contribution in [3.63, 3.8) is 0 Å². The predicted molar refractivity (Wildman–Crippen MR) is 115 cm³/mol.